The van der Waals surface area contributed by atoms with Gasteiger partial charge in [-0.2, -0.15) is 0 Å². The van der Waals surface area contributed by atoms with E-state index in [-0.39, 0.29) is 5.92 Å². The van der Waals surface area contributed by atoms with E-state index >= 15 is 0 Å². The number of carboxylic acids is 1. The van der Waals surface area contributed by atoms with Crippen LogP contribution in [0.2, 0.25) is 0 Å². The van der Waals surface area contributed by atoms with Crippen LogP contribution in [0.25, 0.3) is 0 Å². The van der Waals surface area contributed by atoms with E-state index < -0.39 is 24.0 Å². The van der Waals surface area contributed by atoms with Crippen molar-refractivity contribution in [2.75, 3.05) is 0 Å². The molecular formula is C10H20N2O3. The first kappa shape index (κ1) is 13.9. The lowest BCUT2D eigenvalue weighted by molar-refractivity contribution is -0.142. The number of nitrogens with two attached hydrogens (primary N) is 1. The predicted molar refractivity (Wildman–Crippen MR) is 57.3 cm³/mol. The molecular weight excluding hydrogens is 196 g/mol. The number of rotatable bonds is 6. The number of amides is 1. The molecule has 0 aliphatic rings. The Labute approximate surface area is 90.0 Å². The standard InChI is InChI=1S/C10H20N2O3/c1-4-5-7(10(14)15)12-9(13)8(11)6(2)3/h6-8H,4-5,11H2,1-3H3,(H,12,13)(H,14,15)/t7?,8-/m1/s1. The van der Waals surface area contributed by atoms with Crippen LogP contribution in [0.15, 0.2) is 0 Å². The summed E-state index contributed by atoms with van der Waals surface area (Å²) in [6.07, 6.45) is 1.13. The minimum absolute atomic E-state index is 0.000992. The third kappa shape index (κ3) is 4.78. The highest BCUT2D eigenvalue weighted by molar-refractivity contribution is 5.86. The second-order valence-electron chi connectivity index (χ2n) is 3.96. The molecule has 88 valence electrons. The third-order valence-corrected chi connectivity index (χ3v) is 2.21. The number of carboxylic acid groups (broad SMARTS) is 1. The van der Waals surface area contributed by atoms with Crippen LogP contribution in [0.3, 0.4) is 0 Å². The third-order valence-electron chi connectivity index (χ3n) is 2.21. The Kier molecular flexibility index (Phi) is 5.93. The molecule has 0 spiro atoms. The van der Waals surface area contributed by atoms with Crippen LogP contribution in [0.4, 0.5) is 0 Å². The van der Waals surface area contributed by atoms with E-state index in [4.69, 9.17) is 10.8 Å². The molecule has 5 heteroatoms. The Balaban J connectivity index is 4.28. The SMILES string of the molecule is CCCC(NC(=O)[C@H](N)C(C)C)C(=O)O. The zero-order valence-electron chi connectivity index (χ0n) is 9.49. The van der Waals surface area contributed by atoms with Gasteiger partial charge in [-0.15, -0.1) is 0 Å². The maximum absolute atomic E-state index is 11.5. The summed E-state index contributed by atoms with van der Waals surface area (Å²) in [6.45, 7) is 5.50. The molecule has 0 saturated carbocycles. The Bertz CT molecular complexity index is 229. The lowest BCUT2D eigenvalue weighted by Crippen LogP contribution is -2.50. The number of nitrogens with one attached hydrogen (secondary N) is 1. The summed E-state index contributed by atoms with van der Waals surface area (Å²) in [5.74, 6) is -1.41. The second kappa shape index (κ2) is 6.40. The van der Waals surface area contributed by atoms with Gasteiger partial charge in [0.15, 0.2) is 0 Å². The van der Waals surface area contributed by atoms with E-state index in [1.165, 1.54) is 0 Å². The molecule has 0 fully saturated rings. The van der Waals surface area contributed by atoms with Gasteiger partial charge in [-0.3, -0.25) is 4.79 Å². The van der Waals surface area contributed by atoms with Gasteiger partial charge in [-0.25, -0.2) is 4.79 Å². The van der Waals surface area contributed by atoms with Crippen LogP contribution in [0.5, 0.6) is 0 Å². The van der Waals surface area contributed by atoms with E-state index in [1.807, 2.05) is 20.8 Å². The number of carbonyl (C=O) groups is 2. The summed E-state index contributed by atoms with van der Waals surface area (Å²) in [7, 11) is 0. The van der Waals surface area contributed by atoms with E-state index in [0.717, 1.165) is 0 Å². The minimum Gasteiger partial charge on any atom is -0.480 e. The first-order valence-electron chi connectivity index (χ1n) is 5.18. The van der Waals surface area contributed by atoms with Crippen LogP contribution in [0, 0.1) is 5.92 Å². The quantitative estimate of drug-likeness (QED) is 0.597. The zero-order valence-corrected chi connectivity index (χ0v) is 9.49. The van der Waals surface area contributed by atoms with Gasteiger partial charge in [0.05, 0.1) is 6.04 Å². The van der Waals surface area contributed by atoms with Crippen LogP contribution in [-0.4, -0.2) is 29.1 Å². The first-order chi connectivity index (χ1) is 6.90. The molecule has 0 rings (SSSR count). The van der Waals surface area contributed by atoms with Crippen LogP contribution >= 0.6 is 0 Å². The molecule has 2 atom stereocenters. The molecule has 5 nitrogen and oxygen atoms in total. The fourth-order valence-corrected chi connectivity index (χ4v) is 1.12. The Hall–Kier alpha value is -1.10. The Morgan fingerprint density at radius 1 is 1.40 bits per heavy atom. The highest BCUT2D eigenvalue weighted by atomic mass is 16.4. The molecule has 0 aromatic rings. The Morgan fingerprint density at radius 2 is 1.93 bits per heavy atom. The van der Waals surface area contributed by atoms with Crippen molar-refractivity contribution in [2.45, 2.75) is 45.7 Å². The molecule has 1 unspecified atom stereocenters. The average molecular weight is 216 g/mol. The summed E-state index contributed by atoms with van der Waals surface area (Å²) in [5, 5.41) is 11.3. The van der Waals surface area contributed by atoms with Gasteiger partial charge in [-0.1, -0.05) is 27.2 Å². The Morgan fingerprint density at radius 3 is 2.27 bits per heavy atom. The minimum atomic E-state index is -1.01. The molecule has 1 amide bonds. The number of aliphatic carboxylic acids is 1. The van der Waals surface area contributed by atoms with E-state index in [1.54, 1.807) is 0 Å². The molecule has 15 heavy (non-hydrogen) atoms. The summed E-state index contributed by atoms with van der Waals surface area (Å²) in [5.41, 5.74) is 5.60. The van der Waals surface area contributed by atoms with Crippen LogP contribution in [-0.2, 0) is 9.59 Å². The van der Waals surface area contributed by atoms with Crippen molar-refractivity contribution in [3.8, 4) is 0 Å². The lowest BCUT2D eigenvalue weighted by atomic mass is 10.0. The van der Waals surface area contributed by atoms with Gasteiger partial charge < -0.3 is 16.2 Å². The number of carbonyl (C=O) groups excluding carboxylic acids is 1. The van der Waals surface area contributed by atoms with Crippen molar-refractivity contribution in [1.82, 2.24) is 5.32 Å². The second-order valence-corrected chi connectivity index (χ2v) is 3.96. The van der Waals surface area contributed by atoms with E-state index in [9.17, 15) is 9.59 Å². The fourth-order valence-electron chi connectivity index (χ4n) is 1.12. The zero-order chi connectivity index (χ0) is 12.0. The van der Waals surface area contributed by atoms with Crippen LogP contribution < -0.4 is 11.1 Å². The predicted octanol–water partition coefficient (Wildman–Crippen LogP) is 0.339. The van der Waals surface area contributed by atoms with Gasteiger partial charge in [-0.05, 0) is 12.3 Å². The van der Waals surface area contributed by atoms with Crippen molar-refractivity contribution in [3.05, 3.63) is 0 Å². The van der Waals surface area contributed by atoms with Crippen LogP contribution in [0.1, 0.15) is 33.6 Å². The van der Waals surface area contributed by atoms with Gasteiger partial charge in [0.1, 0.15) is 6.04 Å². The summed E-state index contributed by atoms with van der Waals surface area (Å²) >= 11 is 0. The molecule has 0 aromatic carbocycles. The largest absolute Gasteiger partial charge is 0.480 e. The molecule has 0 aliphatic carbocycles. The fraction of sp³-hybridized carbons (Fsp3) is 0.800. The topological polar surface area (TPSA) is 92.4 Å². The van der Waals surface area contributed by atoms with Crippen molar-refractivity contribution in [2.24, 2.45) is 11.7 Å². The molecule has 4 N–H and O–H groups in total. The maximum Gasteiger partial charge on any atom is 0.326 e. The van der Waals surface area contributed by atoms with E-state index in [2.05, 4.69) is 5.32 Å². The van der Waals surface area contributed by atoms with Crippen molar-refractivity contribution >= 4 is 11.9 Å². The highest BCUT2D eigenvalue weighted by Gasteiger charge is 2.23. The first-order valence-corrected chi connectivity index (χ1v) is 5.18. The van der Waals surface area contributed by atoms with Gasteiger partial charge in [0.2, 0.25) is 5.91 Å². The molecule has 0 aromatic heterocycles. The maximum atomic E-state index is 11.5. The summed E-state index contributed by atoms with van der Waals surface area (Å²) in [6, 6.07) is -1.48. The molecule has 0 radical (unpaired) electrons. The number of hydrogen-bond acceptors (Lipinski definition) is 3. The van der Waals surface area contributed by atoms with Gasteiger partial charge >= 0.3 is 5.97 Å². The smallest absolute Gasteiger partial charge is 0.326 e. The number of hydrogen-bond donors (Lipinski definition) is 3. The van der Waals surface area contributed by atoms with E-state index in [0.29, 0.717) is 12.8 Å². The molecule has 0 saturated heterocycles. The average Bonchev–Trinajstić information content (AvgIpc) is 2.15. The summed E-state index contributed by atoms with van der Waals surface area (Å²) in [4.78, 5) is 22.2. The normalized spacial score (nSPS) is 14.7. The molecule has 0 heterocycles. The van der Waals surface area contributed by atoms with Crippen molar-refractivity contribution in [1.29, 1.82) is 0 Å². The van der Waals surface area contributed by atoms with Crippen molar-refractivity contribution < 1.29 is 14.7 Å². The van der Waals surface area contributed by atoms with Gasteiger partial charge in [0, 0.05) is 0 Å². The molecule has 0 aliphatic heterocycles. The summed E-state index contributed by atoms with van der Waals surface area (Å²) < 4.78 is 0. The highest BCUT2D eigenvalue weighted by Crippen LogP contribution is 2.01. The monoisotopic (exact) mass is 216 g/mol. The van der Waals surface area contributed by atoms with Crippen molar-refractivity contribution in [3.63, 3.8) is 0 Å². The van der Waals surface area contributed by atoms with Gasteiger partial charge in [0.25, 0.3) is 0 Å². The molecule has 0 bridgehead atoms. The lowest BCUT2D eigenvalue weighted by Gasteiger charge is -2.19.